The molecule has 0 saturated heterocycles. The Morgan fingerprint density at radius 1 is 1.22 bits per heavy atom. The van der Waals surface area contributed by atoms with Crippen molar-refractivity contribution >= 4 is 5.91 Å². The number of aryl methyl sites for hydroxylation is 1. The smallest absolute Gasteiger partial charge is 0.261 e. The van der Waals surface area contributed by atoms with E-state index >= 15 is 0 Å². The van der Waals surface area contributed by atoms with Gasteiger partial charge in [0.2, 0.25) is 0 Å². The minimum absolute atomic E-state index is 0.199. The van der Waals surface area contributed by atoms with Crippen molar-refractivity contribution in [3.05, 3.63) is 48.0 Å². The van der Waals surface area contributed by atoms with Crippen molar-refractivity contribution in [2.24, 2.45) is 0 Å². The van der Waals surface area contributed by atoms with Gasteiger partial charge in [-0.2, -0.15) is 0 Å². The van der Waals surface area contributed by atoms with E-state index in [-0.39, 0.29) is 5.91 Å². The van der Waals surface area contributed by atoms with Gasteiger partial charge in [0.25, 0.3) is 5.91 Å². The van der Waals surface area contributed by atoms with E-state index in [4.69, 9.17) is 9.47 Å². The SMILES string of the molecule is CCOc1ccc(OC(C)C(=O)NCc2cc(C)ncn2)cc1. The van der Waals surface area contributed by atoms with Crippen LogP contribution in [0, 0.1) is 6.92 Å². The molecule has 23 heavy (non-hydrogen) atoms. The van der Waals surface area contributed by atoms with Crippen LogP contribution in [0.25, 0.3) is 0 Å². The molecule has 6 heteroatoms. The molecule has 0 aliphatic rings. The van der Waals surface area contributed by atoms with Crippen LogP contribution in [0.2, 0.25) is 0 Å². The second-order valence-electron chi connectivity index (χ2n) is 5.03. The molecule has 1 atom stereocenters. The lowest BCUT2D eigenvalue weighted by molar-refractivity contribution is -0.127. The summed E-state index contributed by atoms with van der Waals surface area (Å²) in [7, 11) is 0. The number of carbonyl (C=O) groups is 1. The Bertz CT molecular complexity index is 644. The Balaban J connectivity index is 1.84. The topological polar surface area (TPSA) is 73.3 Å². The molecule has 0 fully saturated rings. The Morgan fingerprint density at radius 3 is 2.57 bits per heavy atom. The van der Waals surface area contributed by atoms with Crippen molar-refractivity contribution in [2.75, 3.05) is 6.61 Å². The number of amides is 1. The summed E-state index contributed by atoms with van der Waals surface area (Å²) >= 11 is 0. The molecular formula is C17H21N3O3. The average Bonchev–Trinajstić information content (AvgIpc) is 2.54. The van der Waals surface area contributed by atoms with Crippen LogP contribution < -0.4 is 14.8 Å². The van der Waals surface area contributed by atoms with E-state index in [1.165, 1.54) is 6.33 Å². The zero-order valence-electron chi connectivity index (χ0n) is 13.6. The third-order valence-corrected chi connectivity index (χ3v) is 3.12. The predicted molar refractivity (Wildman–Crippen MR) is 86.3 cm³/mol. The lowest BCUT2D eigenvalue weighted by Gasteiger charge is -2.15. The van der Waals surface area contributed by atoms with Crippen molar-refractivity contribution in [1.29, 1.82) is 0 Å². The molecule has 122 valence electrons. The predicted octanol–water partition coefficient (Wildman–Crippen LogP) is 2.27. The molecule has 6 nitrogen and oxygen atoms in total. The van der Waals surface area contributed by atoms with E-state index in [1.54, 1.807) is 19.1 Å². The monoisotopic (exact) mass is 315 g/mol. The number of nitrogens with one attached hydrogen (secondary N) is 1. The zero-order valence-corrected chi connectivity index (χ0v) is 13.6. The van der Waals surface area contributed by atoms with Crippen molar-refractivity contribution < 1.29 is 14.3 Å². The lowest BCUT2D eigenvalue weighted by Crippen LogP contribution is -2.36. The quantitative estimate of drug-likeness (QED) is 0.848. The first kappa shape index (κ1) is 16.7. The van der Waals surface area contributed by atoms with Gasteiger partial charge in [0.1, 0.15) is 17.8 Å². The molecular weight excluding hydrogens is 294 g/mol. The maximum absolute atomic E-state index is 12.1. The Hall–Kier alpha value is -2.63. The molecule has 1 aromatic carbocycles. The number of rotatable bonds is 7. The number of nitrogens with zero attached hydrogens (tertiary/aromatic N) is 2. The Kier molecular flexibility index (Phi) is 5.91. The summed E-state index contributed by atoms with van der Waals surface area (Å²) in [4.78, 5) is 20.2. The minimum atomic E-state index is -0.601. The van der Waals surface area contributed by atoms with E-state index < -0.39 is 6.10 Å². The molecule has 0 aliphatic heterocycles. The van der Waals surface area contributed by atoms with Crippen LogP contribution >= 0.6 is 0 Å². The molecule has 0 saturated carbocycles. The normalized spacial score (nSPS) is 11.6. The van der Waals surface area contributed by atoms with E-state index in [1.807, 2.05) is 32.0 Å². The third kappa shape index (κ3) is 5.25. The van der Waals surface area contributed by atoms with E-state index in [2.05, 4.69) is 15.3 Å². The number of ether oxygens (including phenoxy) is 2. The maximum Gasteiger partial charge on any atom is 0.261 e. The highest BCUT2D eigenvalue weighted by molar-refractivity contribution is 5.80. The first-order valence-electron chi connectivity index (χ1n) is 7.53. The summed E-state index contributed by atoms with van der Waals surface area (Å²) in [5.74, 6) is 1.19. The summed E-state index contributed by atoms with van der Waals surface area (Å²) in [5, 5.41) is 2.80. The number of aromatic nitrogens is 2. The summed E-state index contributed by atoms with van der Waals surface area (Å²) < 4.78 is 11.0. The first-order chi connectivity index (χ1) is 11.1. The van der Waals surface area contributed by atoms with Crippen molar-refractivity contribution in [3.63, 3.8) is 0 Å². The molecule has 1 amide bonds. The van der Waals surface area contributed by atoms with Gasteiger partial charge >= 0.3 is 0 Å². The van der Waals surface area contributed by atoms with Crippen LogP contribution in [0.3, 0.4) is 0 Å². The summed E-state index contributed by atoms with van der Waals surface area (Å²) in [5.41, 5.74) is 1.63. The number of hydrogen-bond donors (Lipinski definition) is 1. The summed E-state index contributed by atoms with van der Waals surface area (Å²) in [6.45, 7) is 6.47. The Labute approximate surface area is 135 Å². The van der Waals surface area contributed by atoms with Crippen LogP contribution in [0.15, 0.2) is 36.7 Å². The second-order valence-corrected chi connectivity index (χ2v) is 5.03. The van der Waals surface area contributed by atoms with Crippen molar-refractivity contribution in [1.82, 2.24) is 15.3 Å². The van der Waals surface area contributed by atoms with Crippen LogP contribution in [0.1, 0.15) is 25.2 Å². The molecule has 1 unspecified atom stereocenters. The van der Waals surface area contributed by atoms with Crippen LogP contribution in [-0.2, 0) is 11.3 Å². The Morgan fingerprint density at radius 2 is 1.91 bits per heavy atom. The highest BCUT2D eigenvalue weighted by Crippen LogP contribution is 2.18. The number of benzene rings is 1. The van der Waals surface area contributed by atoms with Gasteiger partial charge in [0.05, 0.1) is 18.8 Å². The van der Waals surface area contributed by atoms with Crippen molar-refractivity contribution in [2.45, 2.75) is 33.4 Å². The summed E-state index contributed by atoms with van der Waals surface area (Å²) in [6.07, 6.45) is 0.882. The van der Waals surface area contributed by atoms with Crippen LogP contribution in [-0.4, -0.2) is 28.6 Å². The fourth-order valence-electron chi connectivity index (χ4n) is 1.97. The van der Waals surface area contributed by atoms with Gasteiger partial charge in [-0.05, 0) is 51.1 Å². The zero-order chi connectivity index (χ0) is 16.7. The fourth-order valence-corrected chi connectivity index (χ4v) is 1.97. The van der Waals surface area contributed by atoms with Crippen LogP contribution in [0.4, 0.5) is 0 Å². The van der Waals surface area contributed by atoms with Gasteiger partial charge in [-0.1, -0.05) is 0 Å². The largest absolute Gasteiger partial charge is 0.494 e. The highest BCUT2D eigenvalue weighted by Gasteiger charge is 2.14. The van der Waals surface area contributed by atoms with E-state index in [0.29, 0.717) is 18.9 Å². The summed E-state index contributed by atoms with van der Waals surface area (Å²) in [6, 6.07) is 9.02. The molecule has 0 radical (unpaired) electrons. The molecule has 1 aromatic heterocycles. The molecule has 1 N–H and O–H groups in total. The first-order valence-corrected chi connectivity index (χ1v) is 7.53. The molecule has 2 rings (SSSR count). The highest BCUT2D eigenvalue weighted by atomic mass is 16.5. The number of hydrogen-bond acceptors (Lipinski definition) is 5. The van der Waals surface area contributed by atoms with Gasteiger partial charge in [-0.25, -0.2) is 9.97 Å². The standard InChI is InChI=1S/C17H21N3O3/c1-4-22-15-5-7-16(8-6-15)23-13(3)17(21)18-10-14-9-12(2)19-11-20-14/h5-9,11,13H,4,10H2,1-3H3,(H,18,21). The number of carbonyl (C=O) groups excluding carboxylic acids is 1. The molecule has 0 spiro atoms. The molecule has 0 aliphatic carbocycles. The average molecular weight is 315 g/mol. The third-order valence-electron chi connectivity index (χ3n) is 3.12. The minimum Gasteiger partial charge on any atom is -0.494 e. The van der Waals surface area contributed by atoms with Crippen LogP contribution in [0.5, 0.6) is 11.5 Å². The molecule has 0 bridgehead atoms. The van der Waals surface area contributed by atoms with Gasteiger partial charge in [-0.15, -0.1) is 0 Å². The molecule has 1 heterocycles. The van der Waals surface area contributed by atoms with E-state index in [0.717, 1.165) is 17.1 Å². The molecule has 2 aromatic rings. The van der Waals surface area contributed by atoms with Gasteiger partial charge in [0.15, 0.2) is 6.10 Å². The van der Waals surface area contributed by atoms with E-state index in [9.17, 15) is 4.79 Å². The fraction of sp³-hybridized carbons (Fsp3) is 0.353. The lowest BCUT2D eigenvalue weighted by atomic mass is 10.3. The van der Waals surface area contributed by atoms with Gasteiger partial charge in [0, 0.05) is 5.69 Å². The van der Waals surface area contributed by atoms with Gasteiger partial charge in [-0.3, -0.25) is 4.79 Å². The van der Waals surface area contributed by atoms with Gasteiger partial charge < -0.3 is 14.8 Å². The maximum atomic E-state index is 12.1. The van der Waals surface area contributed by atoms with Crippen molar-refractivity contribution in [3.8, 4) is 11.5 Å². The second kappa shape index (κ2) is 8.12.